The molecule has 1 aromatic heterocycles. The molecule has 1 atom stereocenters. The molecule has 0 aliphatic carbocycles. The zero-order valence-electron chi connectivity index (χ0n) is 14.9. The van der Waals surface area contributed by atoms with Gasteiger partial charge < -0.3 is 5.32 Å². The molecule has 0 radical (unpaired) electrons. The van der Waals surface area contributed by atoms with Gasteiger partial charge in [-0.15, -0.1) is 11.3 Å². The second-order valence-corrected chi connectivity index (χ2v) is 7.16. The van der Waals surface area contributed by atoms with Crippen molar-refractivity contribution < 1.29 is 14.5 Å². The monoisotopic (exact) mass is 388 g/mol. The summed E-state index contributed by atoms with van der Waals surface area (Å²) < 4.78 is 0. The average Bonchev–Trinajstić information content (AvgIpc) is 3.12. The van der Waals surface area contributed by atoms with Gasteiger partial charge in [0, 0.05) is 22.6 Å². The Bertz CT molecular complexity index is 834. The highest BCUT2D eigenvalue weighted by Crippen LogP contribution is 2.12. The van der Waals surface area contributed by atoms with Crippen LogP contribution in [0.3, 0.4) is 0 Å². The van der Waals surface area contributed by atoms with Gasteiger partial charge in [0.25, 0.3) is 11.6 Å². The molecule has 0 aliphatic rings. The molecule has 0 unspecified atom stereocenters. The average molecular weight is 388 g/mol. The maximum Gasteiger partial charge on any atom is 0.270 e. The highest BCUT2D eigenvalue weighted by atomic mass is 32.1. The van der Waals surface area contributed by atoms with Crippen LogP contribution in [0.4, 0.5) is 5.69 Å². The number of hydrazone groups is 1. The first kappa shape index (κ1) is 20.2. The Morgan fingerprint density at radius 1 is 1.30 bits per heavy atom. The van der Waals surface area contributed by atoms with Gasteiger partial charge in [0.15, 0.2) is 0 Å². The number of amides is 2. The van der Waals surface area contributed by atoms with Gasteiger partial charge in [-0.2, -0.15) is 5.10 Å². The zero-order chi connectivity index (χ0) is 19.8. The first-order chi connectivity index (χ1) is 12.9. The van der Waals surface area contributed by atoms with Gasteiger partial charge in [0.2, 0.25) is 5.91 Å². The summed E-state index contributed by atoms with van der Waals surface area (Å²) in [5.41, 5.74) is 2.79. The summed E-state index contributed by atoms with van der Waals surface area (Å²) in [6.45, 7) is 3.64. The van der Waals surface area contributed by atoms with Crippen LogP contribution in [0.15, 0.2) is 46.9 Å². The van der Waals surface area contributed by atoms with Gasteiger partial charge >= 0.3 is 0 Å². The molecule has 2 amide bonds. The van der Waals surface area contributed by atoms with Crippen LogP contribution in [0.25, 0.3) is 0 Å². The zero-order valence-corrected chi connectivity index (χ0v) is 15.7. The number of benzene rings is 1. The fourth-order valence-electron chi connectivity index (χ4n) is 2.29. The third-order valence-electron chi connectivity index (χ3n) is 3.65. The van der Waals surface area contributed by atoms with E-state index >= 15 is 0 Å². The van der Waals surface area contributed by atoms with Gasteiger partial charge in [-0.25, -0.2) is 5.43 Å². The van der Waals surface area contributed by atoms with E-state index in [2.05, 4.69) is 15.8 Å². The van der Waals surface area contributed by atoms with Crippen LogP contribution in [0.1, 0.15) is 24.3 Å². The number of hydrogen-bond donors (Lipinski definition) is 2. The summed E-state index contributed by atoms with van der Waals surface area (Å²) in [6.07, 6.45) is 1.53. The lowest BCUT2D eigenvalue weighted by atomic mass is 10.0. The molecule has 9 heteroatoms. The molecule has 1 aromatic carbocycles. The lowest BCUT2D eigenvalue weighted by molar-refractivity contribution is -0.384. The number of nitrogens with zero attached hydrogens (tertiary/aromatic N) is 2. The number of nitro benzene ring substituents is 1. The molecule has 142 valence electrons. The molecule has 0 saturated heterocycles. The molecule has 0 aliphatic heterocycles. The SMILES string of the molecule is CC(C)[C@H](NC(=O)Cc1cccs1)C(=O)NN=Cc1cccc([N+](=O)[O-])c1. The highest BCUT2D eigenvalue weighted by Gasteiger charge is 2.24. The van der Waals surface area contributed by atoms with Gasteiger partial charge in [0.05, 0.1) is 17.6 Å². The van der Waals surface area contributed by atoms with Crippen molar-refractivity contribution in [2.75, 3.05) is 0 Å². The van der Waals surface area contributed by atoms with E-state index in [1.54, 1.807) is 6.07 Å². The van der Waals surface area contributed by atoms with Crippen molar-refractivity contribution in [1.82, 2.24) is 10.7 Å². The number of hydrogen-bond acceptors (Lipinski definition) is 6. The lowest BCUT2D eigenvalue weighted by Gasteiger charge is -2.20. The number of nitrogens with one attached hydrogen (secondary N) is 2. The third kappa shape index (κ3) is 6.30. The largest absolute Gasteiger partial charge is 0.344 e. The summed E-state index contributed by atoms with van der Waals surface area (Å²) in [6, 6.07) is 8.86. The Balaban J connectivity index is 1.95. The predicted molar refractivity (Wildman–Crippen MR) is 104 cm³/mol. The van der Waals surface area contributed by atoms with Crippen LogP contribution in [-0.4, -0.2) is 29.0 Å². The molecule has 1 heterocycles. The Morgan fingerprint density at radius 2 is 2.07 bits per heavy atom. The van der Waals surface area contributed by atoms with Crippen LogP contribution in [-0.2, 0) is 16.0 Å². The second kappa shape index (κ2) is 9.58. The van der Waals surface area contributed by atoms with Crippen molar-refractivity contribution in [3.63, 3.8) is 0 Å². The first-order valence-corrected chi connectivity index (χ1v) is 9.14. The Labute approximate surface area is 160 Å². The molecule has 2 N–H and O–H groups in total. The van der Waals surface area contributed by atoms with Gasteiger partial charge in [-0.05, 0) is 17.4 Å². The molecule has 2 aromatic rings. The summed E-state index contributed by atoms with van der Waals surface area (Å²) in [7, 11) is 0. The van der Waals surface area contributed by atoms with E-state index in [4.69, 9.17) is 0 Å². The maximum atomic E-state index is 12.3. The van der Waals surface area contributed by atoms with Crippen molar-refractivity contribution in [3.05, 3.63) is 62.3 Å². The number of nitro groups is 1. The van der Waals surface area contributed by atoms with E-state index in [0.717, 1.165) is 4.88 Å². The molecule has 27 heavy (non-hydrogen) atoms. The van der Waals surface area contributed by atoms with E-state index < -0.39 is 16.9 Å². The Hall–Kier alpha value is -3.07. The molecule has 0 fully saturated rings. The molecule has 0 spiro atoms. The Morgan fingerprint density at radius 3 is 2.70 bits per heavy atom. The van der Waals surface area contributed by atoms with Gasteiger partial charge in [0.1, 0.15) is 6.04 Å². The molecular weight excluding hydrogens is 368 g/mol. The van der Waals surface area contributed by atoms with Crippen LogP contribution in [0.5, 0.6) is 0 Å². The smallest absolute Gasteiger partial charge is 0.270 e. The fourth-order valence-corrected chi connectivity index (χ4v) is 2.99. The van der Waals surface area contributed by atoms with Crippen molar-refractivity contribution >= 4 is 35.1 Å². The minimum Gasteiger partial charge on any atom is -0.344 e. The standard InChI is InChI=1S/C18H20N4O4S/c1-12(2)17(20-16(23)10-15-7-4-8-27-15)18(24)21-19-11-13-5-3-6-14(9-13)22(25)26/h3-9,11-12,17H,10H2,1-2H3,(H,20,23)(H,21,24)/t17-/m0/s1. The number of carbonyl (C=O) groups excluding carboxylic acids is 2. The third-order valence-corrected chi connectivity index (χ3v) is 4.53. The first-order valence-electron chi connectivity index (χ1n) is 8.26. The molecule has 0 saturated carbocycles. The van der Waals surface area contributed by atoms with Crippen molar-refractivity contribution in [2.45, 2.75) is 26.3 Å². The predicted octanol–water partition coefficient (Wildman–Crippen LogP) is 2.49. The van der Waals surface area contributed by atoms with Crippen molar-refractivity contribution in [2.24, 2.45) is 11.0 Å². The lowest BCUT2D eigenvalue weighted by Crippen LogP contribution is -2.49. The number of non-ortho nitro benzene ring substituents is 1. The fraction of sp³-hybridized carbons (Fsp3) is 0.278. The minimum atomic E-state index is -0.736. The normalized spacial score (nSPS) is 12.1. The van der Waals surface area contributed by atoms with E-state index in [9.17, 15) is 19.7 Å². The van der Waals surface area contributed by atoms with Crippen LogP contribution < -0.4 is 10.7 Å². The summed E-state index contributed by atoms with van der Waals surface area (Å²) in [5.74, 6) is -0.828. The van der Waals surface area contributed by atoms with E-state index in [-0.39, 0.29) is 23.9 Å². The van der Waals surface area contributed by atoms with Gasteiger partial charge in [-0.3, -0.25) is 19.7 Å². The number of thiophene rings is 1. The Kier molecular flexibility index (Phi) is 7.18. The van der Waals surface area contributed by atoms with Gasteiger partial charge in [-0.1, -0.05) is 32.0 Å². The molecule has 0 bridgehead atoms. The number of carbonyl (C=O) groups is 2. The topological polar surface area (TPSA) is 114 Å². The molecular formula is C18H20N4O4S. The van der Waals surface area contributed by atoms with E-state index in [1.807, 2.05) is 31.4 Å². The van der Waals surface area contributed by atoms with E-state index in [0.29, 0.717) is 5.56 Å². The van der Waals surface area contributed by atoms with Crippen LogP contribution in [0, 0.1) is 16.0 Å². The maximum absolute atomic E-state index is 12.3. The summed E-state index contributed by atoms with van der Waals surface area (Å²) in [5, 5.41) is 19.2. The van der Waals surface area contributed by atoms with Crippen LogP contribution >= 0.6 is 11.3 Å². The number of rotatable bonds is 8. The second-order valence-electron chi connectivity index (χ2n) is 6.13. The minimum absolute atomic E-state index is 0.0637. The summed E-state index contributed by atoms with van der Waals surface area (Å²) >= 11 is 1.48. The highest BCUT2D eigenvalue weighted by molar-refractivity contribution is 7.10. The molecule has 8 nitrogen and oxygen atoms in total. The quantitative estimate of drug-likeness (QED) is 0.411. The molecule has 2 rings (SSSR count). The van der Waals surface area contributed by atoms with Crippen molar-refractivity contribution in [1.29, 1.82) is 0 Å². The van der Waals surface area contributed by atoms with Crippen LogP contribution in [0.2, 0.25) is 0 Å². The summed E-state index contributed by atoms with van der Waals surface area (Å²) in [4.78, 5) is 35.7. The van der Waals surface area contributed by atoms with E-state index in [1.165, 1.54) is 35.8 Å². The van der Waals surface area contributed by atoms with Crippen molar-refractivity contribution in [3.8, 4) is 0 Å².